The summed E-state index contributed by atoms with van der Waals surface area (Å²) >= 11 is 0. The highest BCUT2D eigenvalue weighted by atomic mass is 16.5. The normalized spacial score (nSPS) is 16.3. The summed E-state index contributed by atoms with van der Waals surface area (Å²) < 4.78 is 4.75. The Balaban J connectivity index is 2.68. The van der Waals surface area contributed by atoms with Gasteiger partial charge in [0.25, 0.3) is 0 Å². The molecule has 0 spiro atoms. The Morgan fingerprint density at radius 1 is 2.00 bits per heavy atom. The minimum atomic E-state index is 0.601. The molecule has 0 amide bonds. The number of hydrogen-bond donors (Lipinski definition) is 0. The second-order valence-electron chi connectivity index (χ2n) is 1.16. The lowest BCUT2D eigenvalue weighted by molar-refractivity contribution is 0.457. The smallest absolute Gasteiger partial charge is 0.177 e. The van der Waals surface area contributed by atoms with Gasteiger partial charge in [0.05, 0.1) is 0 Å². The predicted octanol–water partition coefficient (Wildman–Crippen LogP) is 0.714. The first-order valence-corrected chi connectivity index (χ1v) is 1.97. The van der Waals surface area contributed by atoms with Crippen molar-refractivity contribution in [3.05, 3.63) is 18.1 Å². The summed E-state index contributed by atoms with van der Waals surface area (Å²) in [4.78, 5) is 3.75. The Morgan fingerprint density at radius 3 is 3.14 bits per heavy atom. The standard InChI is InChI=1S/C5H5NO/c1-2-5-3-6-4-7-5/h4H,1,3H2. The molecule has 0 aromatic heterocycles. The van der Waals surface area contributed by atoms with Gasteiger partial charge in [0, 0.05) is 0 Å². The van der Waals surface area contributed by atoms with Crippen LogP contribution in [0.15, 0.2) is 23.1 Å². The van der Waals surface area contributed by atoms with Gasteiger partial charge in [0.1, 0.15) is 6.54 Å². The number of hydrogen-bond acceptors (Lipinski definition) is 2. The Kier molecular flexibility index (Phi) is 0.966. The van der Waals surface area contributed by atoms with Crippen molar-refractivity contribution in [1.29, 1.82) is 0 Å². The third kappa shape index (κ3) is 0.699. The van der Waals surface area contributed by atoms with E-state index in [-0.39, 0.29) is 0 Å². The lowest BCUT2D eigenvalue weighted by Crippen LogP contribution is -1.78. The second kappa shape index (κ2) is 1.63. The van der Waals surface area contributed by atoms with Crippen molar-refractivity contribution in [2.75, 3.05) is 6.54 Å². The van der Waals surface area contributed by atoms with Crippen LogP contribution in [0.3, 0.4) is 0 Å². The van der Waals surface area contributed by atoms with Crippen LogP contribution in [0, 0.1) is 0 Å². The molecule has 0 saturated carbocycles. The fourth-order valence-electron chi connectivity index (χ4n) is 0.356. The topological polar surface area (TPSA) is 21.6 Å². The molecule has 0 fully saturated rings. The van der Waals surface area contributed by atoms with Gasteiger partial charge in [0.15, 0.2) is 12.2 Å². The van der Waals surface area contributed by atoms with Crippen LogP contribution in [-0.4, -0.2) is 12.9 Å². The van der Waals surface area contributed by atoms with Crippen LogP contribution >= 0.6 is 0 Å². The fourth-order valence-corrected chi connectivity index (χ4v) is 0.356. The Hall–Kier alpha value is -1.01. The van der Waals surface area contributed by atoms with E-state index in [9.17, 15) is 0 Å². The van der Waals surface area contributed by atoms with Crippen LogP contribution < -0.4 is 0 Å². The van der Waals surface area contributed by atoms with E-state index < -0.39 is 0 Å². The molecule has 1 aliphatic rings. The van der Waals surface area contributed by atoms with E-state index >= 15 is 0 Å². The van der Waals surface area contributed by atoms with Crippen LogP contribution in [0.25, 0.3) is 0 Å². The van der Waals surface area contributed by atoms with Crippen LogP contribution in [0.1, 0.15) is 0 Å². The summed E-state index contributed by atoms with van der Waals surface area (Å²) in [5.41, 5.74) is 2.58. The fraction of sp³-hybridized carbons (Fsp3) is 0.200. The highest BCUT2D eigenvalue weighted by Gasteiger charge is 1.97. The molecule has 0 bridgehead atoms. The molecule has 1 rings (SSSR count). The van der Waals surface area contributed by atoms with E-state index in [1.165, 1.54) is 6.40 Å². The summed E-state index contributed by atoms with van der Waals surface area (Å²) in [7, 11) is 0. The van der Waals surface area contributed by atoms with Crippen LogP contribution in [-0.2, 0) is 4.74 Å². The molecule has 2 heteroatoms. The molecular formula is C5H5NO. The first-order valence-electron chi connectivity index (χ1n) is 1.97. The van der Waals surface area contributed by atoms with Crippen molar-refractivity contribution in [3.63, 3.8) is 0 Å². The third-order valence-corrected chi connectivity index (χ3v) is 0.702. The van der Waals surface area contributed by atoms with Gasteiger partial charge in [-0.15, -0.1) is 0 Å². The number of ether oxygens (including phenoxy) is 1. The molecular weight excluding hydrogens is 90.1 g/mol. The van der Waals surface area contributed by atoms with E-state index in [0.29, 0.717) is 12.3 Å². The van der Waals surface area contributed by atoms with Crippen molar-refractivity contribution in [3.8, 4) is 0 Å². The predicted molar refractivity (Wildman–Crippen MR) is 27.1 cm³/mol. The van der Waals surface area contributed by atoms with Gasteiger partial charge >= 0.3 is 0 Å². The minimum Gasteiger partial charge on any atom is -0.440 e. The zero-order chi connectivity index (χ0) is 5.11. The summed E-state index contributed by atoms with van der Waals surface area (Å²) in [6.45, 7) is 3.98. The Bertz CT molecular complexity index is 132. The van der Waals surface area contributed by atoms with E-state index in [1.54, 1.807) is 0 Å². The lowest BCUT2D eigenvalue weighted by atomic mass is 10.5. The van der Waals surface area contributed by atoms with E-state index in [4.69, 9.17) is 4.74 Å². The van der Waals surface area contributed by atoms with Gasteiger partial charge in [-0.25, -0.2) is 4.99 Å². The zero-order valence-electron chi connectivity index (χ0n) is 3.85. The molecule has 0 atom stereocenters. The van der Waals surface area contributed by atoms with Crippen molar-refractivity contribution in [1.82, 2.24) is 0 Å². The van der Waals surface area contributed by atoms with Crippen molar-refractivity contribution in [2.45, 2.75) is 0 Å². The molecule has 1 aliphatic heterocycles. The summed E-state index contributed by atoms with van der Waals surface area (Å²) in [6, 6.07) is 0. The van der Waals surface area contributed by atoms with Crippen LogP contribution in [0.4, 0.5) is 0 Å². The molecule has 0 aliphatic carbocycles. The van der Waals surface area contributed by atoms with Gasteiger partial charge < -0.3 is 4.74 Å². The van der Waals surface area contributed by atoms with Crippen LogP contribution in [0.2, 0.25) is 0 Å². The Morgan fingerprint density at radius 2 is 2.86 bits per heavy atom. The SMILES string of the molecule is C=C=C1CN=CO1. The molecule has 0 N–H and O–H groups in total. The average Bonchev–Trinajstić information content (AvgIpc) is 2.14. The zero-order valence-corrected chi connectivity index (χ0v) is 3.85. The maximum absolute atomic E-state index is 4.75. The molecule has 0 radical (unpaired) electrons. The first-order chi connectivity index (χ1) is 3.43. The average molecular weight is 95.1 g/mol. The van der Waals surface area contributed by atoms with Gasteiger partial charge in [-0.1, -0.05) is 12.3 Å². The lowest BCUT2D eigenvalue weighted by Gasteiger charge is -1.83. The quantitative estimate of drug-likeness (QED) is 0.406. The van der Waals surface area contributed by atoms with Crippen molar-refractivity contribution in [2.24, 2.45) is 4.99 Å². The van der Waals surface area contributed by atoms with Crippen molar-refractivity contribution < 1.29 is 4.74 Å². The van der Waals surface area contributed by atoms with E-state index in [1.807, 2.05) is 0 Å². The molecule has 0 unspecified atom stereocenters. The van der Waals surface area contributed by atoms with Crippen LogP contribution in [0.5, 0.6) is 0 Å². The van der Waals surface area contributed by atoms with Gasteiger partial charge in [0.2, 0.25) is 0 Å². The highest BCUT2D eigenvalue weighted by Crippen LogP contribution is 1.98. The van der Waals surface area contributed by atoms with E-state index in [0.717, 1.165) is 0 Å². The molecule has 0 aromatic carbocycles. The molecule has 1 heterocycles. The molecule has 0 aromatic rings. The maximum atomic E-state index is 4.75. The second-order valence-corrected chi connectivity index (χ2v) is 1.16. The molecule has 0 saturated heterocycles. The first kappa shape index (κ1) is 4.16. The highest BCUT2D eigenvalue weighted by molar-refractivity contribution is 5.51. The summed E-state index contributed by atoms with van der Waals surface area (Å²) in [5.74, 6) is 0.708. The Labute approximate surface area is 41.8 Å². The summed E-state index contributed by atoms with van der Waals surface area (Å²) in [5, 5.41) is 0. The van der Waals surface area contributed by atoms with Crippen molar-refractivity contribution >= 4 is 6.40 Å². The van der Waals surface area contributed by atoms with Gasteiger partial charge in [-0.2, -0.15) is 0 Å². The van der Waals surface area contributed by atoms with Gasteiger partial charge in [-0.05, 0) is 0 Å². The van der Waals surface area contributed by atoms with E-state index in [2.05, 4.69) is 17.3 Å². The molecule has 7 heavy (non-hydrogen) atoms. The van der Waals surface area contributed by atoms with Gasteiger partial charge in [-0.3, -0.25) is 0 Å². The largest absolute Gasteiger partial charge is 0.440 e. The maximum Gasteiger partial charge on any atom is 0.177 e. The number of rotatable bonds is 0. The molecule has 36 valence electrons. The summed E-state index contributed by atoms with van der Waals surface area (Å²) in [6.07, 6.45) is 1.40. The molecule has 2 nitrogen and oxygen atoms in total. The third-order valence-electron chi connectivity index (χ3n) is 0.702. The monoisotopic (exact) mass is 95.0 g/mol. The number of nitrogens with zero attached hydrogens (tertiary/aromatic N) is 1. The minimum absolute atomic E-state index is 0.601. The number of aliphatic imine (C=N–C) groups is 1.